The zero-order valence-corrected chi connectivity index (χ0v) is 15.4. The van der Waals surface area contributed by atoms with Crippen molar-refractivity contribution in [1.82, 2.24) is 0 Å². The smallest absolute Gasteiger partial charge is 0.262 e. The molecule has 0 heterocycles. The molecule has 1 aromatic carbocycles. The standard InChI is InChI=1S/C18H30O3S/c1-6-7-8-9-10-17(18(3,4)5)21-22(19,20)16-13-11-15(2)12-14-16/h11-14,17H,6-10H2,1-5H3. The molecule has 0 aliphatic rings. The Morgan fingerprint density at radius 3 is 2.14 bits per heavy atom. The molecule has 0 aliphatic heterocycles. The molecule has 3 nitrogen and oxygen atoms in total. The van der Waals surface area contributed by atoms with E-state index in [1.807, 2.05) is 27.7 Å². The predicted octanol–water partition coefficient (Wildman–Crippen LogP) is 5.09. The van der Waals surface area contributed by atoms with Gasteiger partial charge in [-0.3, -0.25) is 4.18 Å². The van der Waals surface area contributed by atoms with E-state index >= 15 is 0 Å². The molecule has 1 aromatic rings. The molecule has 0 saturated carbocycles. The molecule has 0 aromatic heterocycles. The fourth-order valence-electron chi connectivity index (χ4n) is 2.30. The largest absolute Gasteiger partial charge is 0.297 e. The molecular formula is C18H30O3S. The van der Waals surface area contributed by atoms with Crippen molar-refractivity contribution in [1.29, 1.82) is 0 Å². The highest BCUT2D eigenvalue weighted by atomic mass is 32.2. The number of benzene rings is 1. The van der Waals surface area contributed by atoms with E-state index in [9.17, 15) is 8.42 Å². The quantitative estimate of drug-likeness (QED) is 0.494. The molecule has 126 valence electrons. The van der Waals surface area contributed by atoms with E-state index in [0.29, 0.717) is 0 Å². The minimum atomic E-state index is -3.70. The van der Waals surface area contributed by atoms with Crippen LogP contribution in [0.3, 0.4) is 0 Å². The first-order valence-corrected chi connectivity index (χ1v) is 9.57. The fraction of sp³-hybridized carbons (Fsp3) is 0.667. The Labute approximate surface area is 136 Å². The van der Waals surface area contributed by atoms with Gasteiger partial charge < -0.3 is 0 Å². The van der Waals surface area contributed by atoms with Crippen LogP contribution in [0.5, 0.6) is 0 Å². The third-order valence-electron chi connectivity index (χ3n) is 3.84. The summed E-state index contributed by atoms with van der Waals surface area (Å²) in [4.78, 5) is 0.237. The molecule has 1 rings (SSSR count). The Kier molecular flexibility index (Phi) is 7.07. The maximum Gasteiger partial charge on any atom is 0.297 e. The Hall–Kier alpha value is -0.870. The summed E-state index contributed by atoms with van der Waals surface area (Å²) < 4.78 is 30.5. The molecule has 0 saturated heterocycles. The highest BCUT2D eigenvalue weighted by molar-refractivity contribution is 7.86. The van der Waals surface area contributed by atoms with E-state index in [1.165, 1.54) is 12.8 Å². The maximum absolute atomic E-state index is 12.5. The van der Waals surface area contributed by atoms with Crippen molar-refractivity contribution in [3.05, 3.63) is 29.8 Å². The number of hydrogen-bond donors (Lipinski definition) is 0. The average Bonchev–Trinajstić information content (AvgIpc) is 2.41. The zero-order valence-electron chi connectivity index (χ0n) is 14.6. The topological polar surface area (TPSA) is 43.4 Å². The van der Waals surface area contributed by atoms with Crippen molar-refractivity contribution in [3.8, 4) is 0 Å². The van der Waals surface area contributed by atoms with Crippen LogP contribution >= 0.6 is 0 Å². The second kappa shape index (κ2) is 8.11. The van der Waals surface area contributed by atoms with E-state index in [-0.39, 0.29) is 16.4 Å². The van der Waals surface area contributed by atoms with E-state index in [2.05, 4.69) is 6.92 Å². The molecule has 0 bridgehead atoms. The Bertz CT molecular complexity index is 539. The summed E-state index contributed by atoms with van der Waals surface area (Å²) in [6.07, 6.45) is 4.95. The van der Waals surface area contributed by atoms with Crippen molar-refractivity contribution in [2.45, 2.75) is 77.7 Å². The third kappa shape index (κ3) is 6.09. The van der Waals surface area contributed by atoms with Gasteiger partial charge in [-0.25, -0.2) is 0 Å². The highest BCUT2D eigenvalue weighted by Crippen LogP contribution is 2.30. The molecule has 0 amide bonds. The second-order valence-corrected chi connectivity index (χ2v) is 8.64. The number of hydrogen-bond acceptors (Lipinski definition) is 3. The lowest BCUT2D eigenvalue weighted by Gasteiger charge is -2.30. The molecule has 0 spiro atoms. The van der Waals surface area contributed by atoms with Crippen molar-refractivity contribution < 1.29 is 12.6 Å². The predicted molar refractivity (Wildman–Crippen MR) is 91.5 cm³/mol. The van der Waals surface area contributed by atoms with Crippen LogP contribution in [-0.2, 0) is 14.3 Å². The van der Waals surface area contributed by atoms with Crippen LogP contribution < -0.4 is 0 Å². The molecule has 0 radical (unpaired) electrons. The summed E-state index contributed by atoms with van der Waals surface area (Å²) in [6.45, 7) is 10.2. The molecule has 0 fully saturated rings. The van der Waals surface area contributed by atoms with Gasteiger partial charge in [0.2, 0.25) is 0 Å². The van der Waals surface area contributed by atoms with Gasteiger partial charge in [0.1, 0.15) is 0 Å². The molecule has 1 atom stereocenters. The summed E-state index contributed by atoms with van der Waals surface area (Å²) >= 11 is 0. The van der Waals surface area contributed by atoms with E-state index in [1.54, 1.807) is 24.3 Å². The summed E-state index contributed by atoms with van der Waals surface area (Å²) in [6, 6.07) is 6.82. The molecular weight excluding hydrogens is 296 g/mol. The van der Waals surface area contributed by atoms with Gasteiger partial charge >= 0.3 is 0 Å². The van der Waals surface area contributed by atoms with Crippen molar-refractivity contribution in [3.63, 3.8) is 0 Å². The van der Waals surface area contributed by atoms with Gasteiger partial charge in [-0.15, -0.1) is 0 Å². The Morgan fingerprint density at radius 1 is 1.05 bits per heavy atom. The molecule has 4 heteroatoms. The first kappa shape index (κ1) is 19.2. The summed E-state index contributed by atoms with van der Waals surface area (Å²) in [5.74, 6) is 0. The lowest BCUT2D eigenvalue weighted by atomic mass is 9.86. The number of rotatable bonds is 8. The second-order valence-electron chi connectivity index (χ2n) is 7.07. The normalized spacial score (nSPS) is 14.0. The van der Waals surface area contributed by atoms with E-state index in [0.717, 1.165) is 24.8 Å². The van der Waals surface area contributed by atoms with Crippen LogP contribution in [0.15, 0.2) is 29.2 Å². The SMILES string of the molecule is CCCCCCC(OS(=O)(=O)c1ccc(C)cc1)C(C)(C)C. The third-order valence-corrected chi connectivity index (χ3v) is 5.17. The Balaban J connectivity index is 2.81. The summed E-state index contributed by atoms with van der Waals surface area (Å²) in [5.41, 5.74) is 0.829. The van der Waals surface area contributed by atoms with Gasteiger partial charge in [0, 0.05) is 0 Å². The first-order chi connectivity index (χ1) is 10.2. The molecule has 1 unspecified atom stereocenters. The van der Waals surface area contributed by atoms with Crippen LogP contribution in [0, 0.1) is 12.3 Å². The van der Waals surface area contributed by atoms with Crippen molar-refractivity contribution >= 4 is 10.1 Å². The molecule has 22 heavy (non-hydrogen) atoms. The van der Waals surface area contributed by atoms with Crippen molar-refractivity contribution in [2.24, 2.45) is 5.41 Å². The van der Waals surface area contributed by atoms with Crippen molar-refractivity contribution in [2.75, 3.05) is 0 Å². The van der Waals surface area contributed by atoms with Gasteiger partial charge in [-0.1, -0.05) is 71.1 Å². The monoisotopic (exact) mass is 326 g/mol. The van der Waals surface area contributed by atoms with Gasteiger partial charge in [0.25, 0.3) is 10.1 Å². The van der Waals surface area contributed by atoms with Crippen LogP contribution in [0.1, 0.15) is 65.4 Å². The maximum atomic E-state index is 12.5. The zero-order chi connectivity index (χ0) is 16.8. The molecule has 0 N–H and O–H groups in total. The van der Waals surface area contributed by atoms with Gasteiger partial charge in [-0.2, -0.15) is 8.42 Å². The van der Waals surface area contributed by atoms with Gasteiger partial charge in [-0.05, 0) is 30.9 Å². The minimum Gasteiger partial charge on any atom is -0.262 e. The lowest BCUT2D eigenvalue weighted by molar-refractivity contribution is 0.0825. The minimum absolute atomic E-state index is 0.204. The number of aryl methyl sites for hydroxylation is 1. The fourth-order valence-corrected chi connectivity index (χ4v) is 3.57. The van der Waals surface area contributed by atoms with Crippen LogP contribution in [0.25, 0.3) is 0 Å². The van der Waals surface area contributed by atoms with Crippen LogP contribution in [0.4, 0.5) is 0 Å². The van der Waals surface area contributed by atoms with Gasteiger partial charge in [0.15, 0.2) is 0 Å². The lowest BCUT2D eigenvalue weighted by Crippen LogP contribution is -2.31. The Morgan fingerprint density at radius 2 is 1.64 bits per heavy atom. The average molecular weight is 327 g/mol. The van der Waals surface area contributed by atoms with E-state index < -0.39 is 10.1 Å². The number of unbranched alkanes of at least 4 members (excludes halogenated alkanes) is 3. The van der Waals surface area contributed by atoms with E-state index in [4.69, 9.17) is 4.18 Å². The van der Waals surface area contributed by atoms with Gasteiger partial charge in [0.05, 0.1) is 11.0 Å². The summed E-state index contributed by atoms with van der Waals surface area (Å²) in [5, 5.41) is 0. The molecule has 0 aliphatic carbocycles. The first-order valence-electron chi connectivity index (χ1n) is 8.17. The van der Waals surface area contributed by atoms with Crippen LogP contribution in [0.2, 0.25) is 0 Å². The van der Waals surface area contributed by atoms with Crippen LogP contribution in [-0.4, -0.2) is 14.5 Å². The summed E-state index contributed by atoms with van der Waals surface area (Å²) in [7, 11) is -3.70. The highest BCUT2D eigenvalue weighted by Gasteiger charge is 2.30.